The Morgan fingerprint density at radius 3 is 2.67 bits per heavy atom. The van der Waals surface area contributed by atoms with Crippen LogP contribution in [0.1, 0.15) is 32.6 Å². The number of nitrogens with zero attached hydrogens (tertiary/aromatic N) is 1. The minimum absolute atomic E-state index is 0.0870. The molecule has 0 saturated heterocycles. The standard InChI is InChI=1S/C19H21F2NS2/c1-2-3-4-7-12-23-19-22(16-11-10-14(20)13-15(16)21)17-8-5-6-9-18(17)24-19/h5-6,8-11,13,19H,2-4,7,12H2,1H3. The Morgan fingerprint density at radius 1 is 1.04 bits per heavy atom. The molecule has 128 valence electrons. The second kappa shape index (κ2) is 8.26. The first-order chi connectivity index (χ1) is 11.7. The van der Waals surface area contributed by atoms with Crippen LogP contribution in [-0.2, 0) is 0 Å². The van der Waals surface area contributed by atoms with Crippen LogP contribution in [0.25, 0.3) is 0 Å². The maximum Gasteiger partial charge on any atom is 0.149 e. The number of hydrogen-bond acceptors (Lipinski definition) is 3. The van der Waals surface area contributed by atoms with Crippen LogP contribution in [0.5, 0.6) is 0 Å². The Bertz CT molecular complexity index is 693. The first-order valence-electron chi connectivity index (χ1n) is 8.32. The fourth-order valence-electron chi connectivity index (χ4n) is 2.77. The fraction of sp³-hybridized carbons (Fsp3) is 0.368. The molecule has 2 aromatic rings. The van der Waals surface area contributed by atoms with Gasteiger partial charge in [-0.05, 0) is 36.4 Å². The number of thioether (sulfide) groups is 2. The summed E-state index contributed by atoms with van der Waals surface area (Å²) in [6.45, 7) is 2.20. The molecule has 0 radical (unpaired) electrons. The highest BCUT2D eigenvalue weighted by molar-refractivity contribution is 8.17. The molecule has 24 heavy (non-hydrogen) atoms. The summed E-state index contributed by atoms with van der Waals surface area (Å²) in [5.41, 5.74) is 1.44. The quantitative estimate of drug-likeness (QED) is 0.496. The first-order valence-corrected chi connectivity index (χ1v) is 10.2. The molecule has 0 saturated carbocycles. The second-order valence-corrected chi connectivity index (χ2v) is 8.40. The van der Waals surface area contributed by atoms with E-state index in [0.717, 1.165) is 22.4 Å². The molecule has 0 N–H and O–H groups in total. The van der Waals surface area contributed by atoms with Crippen molar-refractivity contribution in [2.45, 2.75) is 42.2 Å². The Labute approximate surface area is 150 Å². The number of rotatable bonds is 7. The maximum absolute atomic E-state index is 14.4. The van der Waals surface area contributed by atoms with E-state index in [1.54, 1.807) is 11.8 Å². The van der Waals surface area contributed by atoms with Crippen molar-refractivity contribution in [2.24, 2.45) is 0 Å². The summed E-state index contributed by atoms with van der Waals surface area (Å²) in [6, 6.07) is 11.9. The highest BCUT2D eigenvalue weighted by atomic mass is 32.2. The Balaban J connectivity index is 1.81. The number of benzene rings is 2. The predicted octanol–water partition coefficient (Wildman–Crippen LogP) is 6.81. The first kappa shape index (κ1) is 17.6. The van der Waals surface area contributed by atoms with E-state index in [4.69, 9.17) is 0 Å². The molecule has 0 aliphatic carbocycles. The molecule has 2 aromatic carbocycles. The molecular formula is C19H21F2NS2. The van der Waals surface area contributed by atoms with E-state index < -0.39 is 11.6 Å². The molecule has 1 nitrogen and oxygen atoms in total. The molecule has 3 rings (SSSR count). The van der Waals surface area contributed by atoms with Crippen molar-refractivity contribution >= 4 is 34.9 Å². The monoisotopic (exact) mass is 365 g/mol. The molecule has 1 atom stereocenters. The van der Waals surface area contributed by atoms with E-state index in [1.807, 2.05) is 34.9 Å². The molecule has 1 aliphatic heterocycles. The summed E-state index contributed by atoms with van der Waals surface area (Å²) in [5.74, 6) is -0.00522. The highest BCUT2D eigenvalue weighted by Gasteiger charge is 2.32. The Hall–Kier alpha value is -1.20. The lowest BCUT2D eigenvalue weighted by atomic mass is 10.2. The lowest BCUT2D eigenvalue weighted by Crippen LogP contribution is -2.22. The number of unbranched alkanes of at least 4 members (excludes halogenated alkanes) is 3. The van der Waals surface area contributed by atoms with E-state index in [0.29, 0.717) is 5.69 Å². The number of halogens is 2. The van der Waals surface area contributed by atoms with Gasteiger partial charge in [-0.25, -0.2) is 8.78 Å². The lowest BCUT2D eigenvalue weighted by molar-refractivity contribution is 0.583. The van der Waals surface area contributed by atoms with Gasteiger partial charge < -0.3 is 4.90 Å². The van der Waals surface area contributed by atoms with Crippen molar-refractivity contribution in [1.82, 2.24) is 0 Å². The average molecular weight is 366 g/mol. The highest BCUT2D eigenvalue weighted by Crippen LogP contribution is 2.51. The third-order valence-corrected chi connectivity index (χ3v) is 6.72. The summed E-state index contributed by atoms with van der Waals surface area (Å²) in [7, 11) is 0. The minimum atomic E-state index is -0.542. The van der Waals surface area contributed by atoms with Gasteiger partial charge in [-0.2, -0.15) is 0 Å². The number of para-hydroxylation sites is 1. The van der Waals surface area contributed by atoms with Crippen molar-refractivity contribution < 1.29 is 8.78 Å². The zero-order chi connectivity index (χ0) is 16.9. The molecule has 1 aliphatic rings. The van der Waals surface area contributed by atoms with Crippen molar-refractivity contribution in [3.63, 3.8) is 0 Å². The van der Waals surface area contributed by atoms with Gasteiger partial charge in [-0.15, -0.1) is 11.8 Å². The van der Waals surface area contributed by atoms with Crippen LogP contribution >= 0.6 is 23.5 Å². The maximum atomic E-state index is 14.4. The van der Waals surface area contributed by atoms with Gasteiger partial charge >= 0.3 is 0 Å². The zero-order valence-electron chi connectivity index (χ0n) is 13.7. The van der Waals surface area contributed by atoms with Gasteiger partial charge in [0.15, 0.2) is 0 Å². The van der Waals surface area contributed by atoms with Gasteiger partial charge in [0.25, 0.3) is 0 Å². The largest absolute Gasteiger partial charge is 0.316 e. The van der Waals surface area contributed by atoms with Crippen molar-refractivity contribution in [3.8, 4) is 0 Å². The van der Waals surface area contributed by atoms with E-state index in [1.165, 1.54) is 37.8 Å². The van der Waals surface area contributed by atoms with Gasteiger partial charge in [0, 0.05) is 11.0 Å². The van der Waals surface area contributed by atoms with Crippen LogP contribution in [0.15, 0.2) is 47.4 Å². The summed E-state index contributed by atoms with van der Waals surface area (Å²) < 4.78 is 27.7. The van der Waals surface area contributed by atoms with Crippen LogP contribution in [0.4, 0.5) is 20.2 Å². The molecule has 5 heteroatoms. The fourth-order valence-corrected chi connectivity index (χ4v) is 5.59. The molecule has 0 bridgehead atoms. The van der Waals surface area contributed by atoms with Crippen molar-refractivity contribution in [1.29, 1.82) is 0 Å². The molecular weight excluding hydrogens is 344 g/mol. The SMILES string of the molecule is CCCCCCSC1Sc2ccccc2N1c1ccc(F)cc1F. The summed E-state index contributed by atoms with van der Waals surface area (Å²) >= 11 is 3.58. The number of anilines is 2. The van der Waals surface area contributed by atoms with Gasteiger partial charge in [0.1, 0.15) is 16.3 Å². The van der Waals surface area contributed by atoms with Crippen LogP contribution in [0.2, 0.25) is 0 Å². The van der Waals surface area contributed by atoms with E-state index in [9.17, 15) is 8.78 Å². The second-order valence-electron chi connectivity index (χ2n) is 5.79. The zero-order valence-corrected chi connectivity index (χ0v) is 15.3. The molecule has 0 aromatic heterocycles. The summed E-state index contributed by atoms with van der Waals surface area (Å²) in [4.78, 5) is 3.14. The molecule has 0 fully saturated rings. The molecule has 0 amide bonds. The topological polar surface area (TPSA) is 3.24 Å². The van der Waals surface area contributed by atoms with Gasteiger partial charge in [-0.1, -0.05) is 50.1 Å². The Kier molecular flexibility index (Phi) is 6.06. The van der Waals surface area contributed by atoms with Gasteiger partial charge in [0.05, 0.1) is 11.4 Å². The smallest absolute Gasteiger partial charge is 0.149 e. The van der Waals surface area contributed by atoms with Crippen LogP contribution in [0, 0.1) is 11.6 Å². The van der Waals surface area contributed by atoms with Crippen LogP contribution < -0.4 is 4.90 Å². The summed E-state index contributed by atoms with van der Waals surface area (Å²) in [6.07, 6.45) is 4.89. The van der Waals surface area contributed by atoms with Crippen molar-refractivity contribution in [2.75, 3.05) is 10.7 Å². The third kappa shape index (κ3) is 3.89. The normalized spacial score (nSPS) is 16.5. The lowest BCUT2D eigenvalue weighted by Gasteiger charge is -2.26. The van der Waals surface area contributed by atoms with Crippen molar-refractivity contribution in [3.05, 3.63) is 54.1 Å². The van der Waals surface area contributed by atoms with E-state index in [2.05, 4.69) is 13.0 Å². The van der Waals surface area contributed by atoms with E-state index in [-0.39, 0.29) is 4.71 Å². The van der Waals surface area contributed by atoms with E-state index >= 15 is 0 Å². The van der Waals surface area contributed by atoms with Crippen LogP contribution in [0.3, 0.4) is 0 Å². The van der Waals surface area contributed by atoms with Crippen LogP contribution in [-0.4, -0.2) is 10.5 Å². The molecule has 1 unspecified atom stereocenters. The summed E-state index contributed by atoms with van der Waals surface area (Å²) in [5, 5.41) is 0. The van der Waals surface area contributed by atoms with Gasteiger partial charge in [-0.3, -0.25) is 0 Å². The van der Waals surface area contributed by atoms with Gasteiger partial charge in [0.2, 0.25) is 0 Å². The number of fused-ring (bicyclic) bond motifs is 1. The molecule has 0 spiro atoms. The predicted molar refractivity (Wildman–Crippen MR) is 101 cm³/mol. The average Bonchev–Trinajstić information content (AvgIpc) is 2.93. The number of hydrogen-bond donors (Lipinski definition) is 0. The third-order valence-electron chi connectivity index (χ3n) is 3.99. The Morgan fingerprint density at radius 2 is 1.88 bits per heavy atom. The molecule has 1 heterocycles. The minimum Gasteiger partial charge on any atom is -0.316 e.